The second-order valence-corrected chi connectivity index (χ2v) is 5.57. The van der Waals surface area contributed by atoms with Crippen LogP contribution in [0.4, 0.5) is 0 Å². The van der Waals surface area contributed by atoms with Crippen molar-refractivity contribution < 1.29 is 14.3 Å². The molecular formula is C19H23NO3. The predicted octanol–water partition coefficient (Wildman–Crippen LogP) is 3.34. The summed E-state index contributed by atoms with van der Waals surface area (Å²) in [6, 6.07) is 15.9. The molecule has 0 spiro atoms. The number of carbonyl (C=O) groups excluding carboxylic acids is 1. The van der Waals surface area contributed by atoms with E-state index in [2.05, 4.69) is 5.32 Å². The number of ether oxygens (including phenoxy) is 2. The molecular weight excluding hydrogens is 290 g/mol. The van der Waals surface area contributed by atoms with Crippen LogP contribution in [0, 0.1) is 0 Å². The maximum atomic E-state index is 11.1. The van der Waals surface area contributed by atoms with E-state index in [1.807, 2.05) is 55.5 Å². The number of hydrogen-bond donors (Lipinski definition) is 1. The Morgan fingerprint density at radius 3 is 2.48 bits per heavy atom. The fourth-order valence-electron chi connectivity index (χ4n) is 2.45. The molecule has 2 aromatic carbocycles. The molecule has 2 aromatic rings. The lowest BCUT2D eigenvalue weighted by atomic mass is 10.1. The zero-order valence-corrected chi connectivity index (χ0v) is 13.8. The van der Waals surface area contributed by atoms with Crippen LogP contribution in [0.5, 0.6) is 11.5 Å². The summed E-state index contributed by atoms with van der Waals surface area (Å²) in [5.41, 5.74) is 2.20. The van der Waals surface area contributed by atoms with E-state index in [-0.39, 0.29) is 11.9 Å². The van der Waals surface area contributed by atoms with Gasteiger partial charge in [-0.3, -0.25) is 4.79 Å². The minimum absolute atomic E-state index is 0.0217. The Bertz CT molecular complexity index is 640. The first-order valence-electron chi connectivity index (χ1n) is 7.69. The normalized spacial score (nSPS) is 11.6. The largest absolute Gasteiger partial charge is 0.493 e. The molecule has 0 saturated carbocycles. The first kappa shape index (κ1) is 16.9. The van der Waals surface area contributed by atoms with Gasteiger partial charge in [-0.2, -0.15) is 0 Å². The van der Waals surface area contributed by atoms with E-state index in [9.17, 15) is 4.79 Å². The van der Waals surface area contributed by atoms with Gasteiger partial charge in [-0.25, -0.2) is 0 Å². The molecule has 1 unspecified atom stereocenters. The van der Waals surface area contributed by atoms with E-state index in [0.29, 0.717) is 18.1 Å². The zero-order valence-electron chi connectivity index (χ0n) is 13.8. The summed E-state index contributed by atoms with van der Waals surface area (Å²) in [6.07, 6.45) is 0.741. The summed E-state index contributed by atoms with van der Waals surface area (Å²) in [5.74, 6) is 1.40. The Balaban J connectivity index is 2.07. The number of benzene rings is 2. The SMILES string of the molecule is COc1ccc(CC(C)NC(C)=O)cc1OCc1ccccc1. The minimum Gasteiger partial charge on any atom is -0.493 e. The predicted molar refractivity (Wildman–Crippen MR) is 90.8 cm³/mol. The van der Waals surface area contributed by atoms with Crippen LogP contribution < -0.4 is 14.8 Å². The van der Waals surface area contributed by atoms with Crippen LogP contribution in [0.3, 0.4) is 0 Å². The van der Waals surface area contributed by atoms with Crippen LogP contribution in [-0.2, 0) is 17.8 Å². The Hall–Kier alpha value is -2.49. The highest BCUT2D eigenvalue weighted by molar-refractivity contribution is 5.73. The van der Waals surface area contributed by atoms with Crippen LogP contribution in [0.1, 0.15) is 25.0 Å². The molecule has 4 nitrogen and oxygen atoms in total. The first-order chi connectivity index (χ1) is 11.1. The molecule has 0 aliphatic carbocycles. The highest BCUT2D eigenvalue weighted by atomic mass is 16.5. The highest BCUT2D eigenvalue weighted by Crippen LogP contribution is 2.29. The van der Waals surface area contributed by atoms with Gasteiger partial charge in [-0.05, 0) is 36.6 Å². The van der Waals surface area contributed by atoms with Gasteiger partial charge in [0.1, 0.15) is 6.61 Å². The molecule has 0 aliphatic rings. The lowest BCUT2D eigenvalue weighted by Gasteiger charge is -2.15. The third-order valence-electron chi connectivity index (χ3n) is 3.46. The van der Waals surface area contributed by atoms with Gasteiger partial charge in [0.2, 0.25) is 5.91 Å². The molecule has 4 heteroatoms. The monoisotopic (exact) mass is 313 g/mol. The number of amides is 1. The van der Waals surface area contributed by atoms with Gasteiger partial charge in [0.25, 0.3) is 0 Å². The molecule has 23 heavy (non-hydrogen) atoms. The minimum atomic E-state index is -0.0217. The third-order valence-corrected chi connectivity index (χ3v) is 3.46. The van der Waals surface area contributed by atoms with Crippen LogP contribution in [0.25, 0.3) is 0 Å². The van der Waals surface area contributed by atoms with Crippen molar-refractivity contribution in [1.29, 1.82) is 0 Å². The Morgan fingerprint density at radius 2 is 1.83 bits per heavy atom. The van der Waals surface area contributed by atoms with Crippen molar-refractivity contribution in [3.63, 3.8) is 0 Å². The van der Waals surface area contributed by atoms with Crippen molar-refractivity contribution in [2.75, 3.05) is 7.11 Å². The van der Waals surface area contributed by atoms with E-state index in [1.165, 1.54) is 6.92 Å². The van der Waals surface area contributed by atoms with E-state index in [1.54, 1.807) is 7.11 Å². The number of rotatable bonds is 7. The molecule has 0 aliphatic heterocycles. The third kappa shape index (κ3) is 5.33. The van der Waals surface area contributed by atoms with Gasteiger partial charge in [0.05, 0.1) is 7.11 Å². The average molecular weight is 313 g/mol. The summed E-state index contributed by atoms with van der Waals surface area (Å²) in [6.45, 7) is 4.00. The summed E-state index contributed by atoms with van der Waals surface area (Å²) in [4.78, 5) is 11.1. The quantitative estimate of drug-likeness (QED) is 0.853. The van der Waals surface area contributed by atoms with Crippen molar-refractivity contribution in [3.05, 3.63) is 59.7 Å². The summed E-state index contributed by atoms with van der Waals surface area (Å²) in [5, 5.41) is 2.89. The molecule has 0 saturated heterocycles. The average Bonchev–Trinajstić information content (AvgIpc) is 2.53. The summed E-state index contributed by atoms with van der Waals surface area (Å²) in [7, 11) is 1.63. The maximum Gasteiger partial charge on any atom is 0.217 e. The second kappa shape index (κ2) is 8.22. The van der Waals surface area contributed by atoms with Gasteiger partial charge in [-0.15, -0.1) is 0 Å². The van der Waals surface area contributed by atoms with E-state index in [4.69, 9.17) is 9.47 Å². The lowest BCUT2D eigenvalue weighted by Crippen LogP contribution is -2.32. The van der Waals surface area contributed by atoms with Gasteiger partial charge < -0.3 is 14.8 Å². The van der Waals surface area contributed by atoms with Crippen LogP contribution in [0.2, 0.25) is 0 Å². The van der Waals surface area contributed by atoms with E-state index in [0.717, 1.165) is 17.5 Å². The summed E-state index contributed by atoms with van der Waals surface area (Å²) >= 11 is 0. The van der Waals surface area contributed by atoms with Crippen molar-refractivity contribution in [2.45, 2.75) is 32.9 Å². The standard InChI is InChI=1S/C19H23NO3/c1-14(20-15(2)21)11-17-9-10-18(22-3)19(12-17)23-13-16-7-5-4-6-8-16/h4-10,12,14H,11,13H2,1-3H3,(H,20,21). The van der Waals surface area contributed by atoms with Crippen molar-refractivity contribution >= 4 is 5.91 Å². The molecule has 0 bridgehead atoms. The topological polar surface area (TPSA) is 47.6 Å². The fraction of sp³-hybridized carbons (Fsp3) is 0.316. The molecule has 0 heterocycles. The molecule has 122 valence electrons. The first-order valence-corrected chi connectivity index (χ1v) is 7.69. The van der Waals surface area contributed by atoms with Crippen molar-refractivity contribution in [2.24, 2.45) is 0 Å². The maximum absolute atomic E-state index is 11.1. The molecule has 0 fully saturated rings. The number of carbonyl (C=O) groups is 1. The Labute approximate surface area is 137 Å². The van der Waals surface area contributed by atoms with Crippen LogP contribution >= 0.6 is 0 Å². The van der Waals surface area contributed by atoms with Crippen molar-refractivity contribution in [3.8, 4) is 11.5 Å². The fourth-order valence-corrected chi connectivity index (χ4v) is 2.45. The Kier molecular flexibility index (Phi) is 6.03. The van der Waals surface area contributed by atoms with E-state index >= 15 is 0 Å². The summed E-state index contributed by atoms with van der Waals surface area (Å²) < 4.78 is 11.3. The molecule has 2 rings (SSSR count). The van der Waals surface area contributed by atoms with Crippen molar-refractivity contribution in [1.82, 2.24) is 5.32 Å². The molecule has 0 aromatic heterocycles. The number of hydrogen-bond acceptors (Lipinski definition) is 3. The van der Waals surface area contributed by atoms with Gasteiger partial charge >= 0.3 is 0 Å². The van der Waals surface area contributed by atoms with Gasteiger partial charge in [0.15, 0.2) is 11.5 Å². The molecule has 1 atom stereocenters. The lowest BCUT2D eigenvalue weighted by molar-refractivity contribution is -0.119. The van der Waals surface area contributed by atoms with Crippen LogP contribution in [0.15, 0.2) is 48.5 Å². The van der Waals surface area contributed by atoms with Crippen LogP contribution in [-0.4, -0.2) is 19.1 Å². The molecule has 1 N–H and O–H groups in total. The number of nitrogens with one attached hydrogen (secondary N) is 1. The highest BCUT2D eigenvalue weighted by Gasteiger charge is 2.10. The second-order valence-electron chi connectivity index (χ2n) is 5.57. The molecule has 0 radical (unpaired) electrons. The number of methoxy groups -OCH3 is 1. The van der Waals surface area contributed by atoms with E-state index < -0.39 is 0 Å². The Morgan fingerprint density at radius 1 is 1.09 bits per heavy atom. The zero-order chi connectivity index (χ0) is 16.7. The molecule has 1 amide bonds. The van der Waals surface area contributed by atoms with Gasteiger partial charge in [0, 0.05) is 13.0 Å². The smallest absolute Gasteiger partial charge is 0.217 e. The van der Waals surface area contributed by atoms with Gasteiger partial charge in [-0.1, -0.05) is 36.4 Å².